The third-order valence-corrected chi connectivity index (χ3v) is 4.26. The molecule has 2 rings (SSSR count). The highest BCUT2D eigenvalue weighted by molar-refractivity contribution is 9.10. The van der Waals surface area contributed by atoms with E-state index in [9.17, 15) is 9.59 Å². The molecule has 1 amide bonds. The molecule has 0 fully saturated rings. The molecular formula is C18H18BrNO4. The van der Waals surface area contributed by atoms with Gasteiger partial charge in [0.25, 0.3) is 5.91 Å². The lowest BCUT2D eigenvalue weighted by atomic mass is 10.1. The predicted molar refractivity (Wildman–Crippen MR) is 96.1 cm³/mol. The first-order valence-corrected chi connectivity index (χ1v) is 8.07. The summed E-state index contributed by atoms with van der Waals surface area (Å²) in [6.45, 7) is 3.72. The molecule has 0 atom stereocenters. The van der Waals surface area contributed by atoms with E-state index in [0.717, 1.165) is 16.8 Å². The van der Waals surface area contributed by atoms with Gasteiger partial charge in [0.1, 0.15) is 0 Å². The van der Waals surface area contributed by atoms with Crippen LogP contribution >= 0.6 is 15.9 Å². The van der Waals surface area contributed by atoms with Crippen molar-refractivity contribution in [3.05, 3.63) is 51.5 Å². The van der Waals surface area contributed by atoms with Crippen LogP contribution in [0.3, 0.4) is 0 Å². The maximum absolute atomic E-state index is 12.1. The Labute approximate surface area is 149 Å². The quantitative estimate of drug-likeness (QED) is 0.758. The molecule has 0 aliphatic heterocycles. The Bertz CT molecular complexity index is 774. The van der Waals surface area contributed by atoms with Crippen LogP contribution in [-0.4, -0.2) is 25.9 Å². The molecule has 0 aliphatic carbocycles. The molecule has 0 saturated carbocycles. The fourth-order valence-electron chi connectivity index (χ4n) is 2.22. The van der Waals surface area contributed by atoms with E-state index in [2.05, 4.69) is 21.2 Å². The van der Waals surface area contributed by atoms with Crippen LogP contribution in [0.1, 0.15) is 21.5 Å². The van der Waals surface area contributed by atoms with Crippen LogP contribution in [0.5, 0.6) is 11.5 Å². The SMILES string of the molecule is COc1ccc(C=O)c(Br)c1OCC(=O)Nc1ccc(C)cc1C. The summed E-state index contributed by atoms with van der Waals surface area (Å²) >= 11 is 3.30. The number of carbonyl (C=O) groups excluding carboxylic acids is 2. The zero-order valence-electron chi connectivity index (χ0n) is 13.7. The topological polar surface area (TPSA) is 64.6 Å². The highest BCUT2D eigenvalue weighted by atomic mass is 79.9. The minimum Gasteiger partial charge on any atom is -0.493 e. The van der Waals surface area contributed by atoms with Gasteiger partial charge in [0.2, 0.25) is 0 Å². The first-order chi connectivity index (χ1) is 11.5. The molecule has 0 unspecified atom stereocenters. The Balaban J connectivity index is 2.10. The van der Waals surface area contributed by atoms with Crippen molar-refractivity contribution in [1.29, 1.82) is 0 Å². The molecule has 0 aliphatic rings. The molecule has 1 N–H and O–H groups in total. The second-order valence-electron chi connectivity index (χ2n) is 5.27. The number of benzene rings is 2. The van der Waals surface area contributed by atoms with Gasteiger partial charge in [-0.2, -0.15) is 0 Å². The van der Waals surface area contributed by atoms with Crippen LogP contribution in [-0.2, 0) is 4.79 Å². The Morgan fingerprint density at radius 1 is 1.25 bits per heavy atom. The summed E-state index contributed by atoms with van der Waals surface area (Å²) in [5.41, 5.74) is 3.26. The number of aldehydes is 1. The van der Waals surface area contributed by atoms with Crippen LogP contribution in [0.15, 0.2) is 34.8 Å². The minimum atomic E-state index is -0.299. The summed E-state index contributed by atoms with van der Waals surface area (Å²) in [7, 11) is 1.49. The number of halogens is 1. The van der Waals surface area contributed by atoms with Gasteiger partial charge in [0, 0.05) is 11.3 Å². The highest BCUT2D eigenvalue weighted by Gasteiger charge is 2.15. The molecule has 2 aromatic rings. The first kappa shape index (κ1) is 18.0. The zero-order valence-corrected chi connectivity index (χ0v) is 15.3. The number of ether oxygens (including phenoxy) is 2. The molecule has 2 aromatic carbocycles. The smallest absolute Gasteiger partial charge is 0.262 e. The number of methoxy groups -OCH3 is 1. The van der Waals surface area contributed by atoms with Crippen molar-refractivity contribution in [2.45, 2.75) is 13.8 Å². The average molecular weight is 392 g/mol. The third kappa shape index (κ3) is 4.14. The molecule has 24 heavy (non-hydrogen) atoms. The van der Waals surface area contributed by atoms with Crippen molar-refractivity contribution < 1.29 is 19.1 Å². The molecule has 0 heterocycles. The van der Waals surface area contributed by atoms with Gasteiger partial charge in [-0.15, -0.1) is 0 Å². The van der Waals surface area contributed by atoms with Crippen molar-refractivity contribution in [2.24, 2.45) is 0 Å². The normalized spacial score (nSPS) is 10.2. The van der Waals surface area contributed by atoms with Crippen molar-refractivity contribution in [3.63, 3.8) is 0 Å². The van der Waals surface area contributed by atoms with Gasteiger partial charge in [-0.3, -0.25) is 9.59 Å². The molecule has 0 aromatic heterocycles. The van der Waals surface area contributed by atoms with E-state index < -0.39 is 0 Å². The third-order valence-electron chi connectivity index (χ3n) is 3.44. The largest absolute Gasteiger partial charge is 0.493 e. The lowest BCUT2D eigenvalue weighted by Gasteiger charge is -2.14. The summed E-state index contributed by atoms with van der Waals surface area (Å²) < 4.78 is 11.2. The van der Waals surface area contributed by atoms with Crippen LogP contribution < -0.4 is 14.8 Å². The first-order valence-electron chi connectivity index (χ1n) is 7.27. The van der Waals surface area contributed by atoms with E-state index in [0.29, 0.717) is 27.8 Å². The van der Waals surface area contributed by atoms with Gasteiger partial charge in [-0.05, 0) is 53.5 Å². The molecule has 0 saturated heterocycles. The number of nitrogens with one attached hydrogen (secondary N) is 1. The molecule has 0 radical (unpaired) electrons. The Kier molecular flexibility index (Phi) is 5.98. The van der Waals surface area contributed by atoms with E-state index in [4.69, 9.17) is 9.47 Å². The van der Waals surface area contributed by atoms with E-state index in [-0.39, 0.29) is 12.5 Å². The van der Waals surface area contributed by atoms with Gasteiger partial charge >= 0.3 is 0 Å². The van der Waals surface area contributed by atoms with Crippen LogP contribution in [0.25, 0.3) is 0 Å². The Morgan fingerprint density at radius 2 is 2.00 bits per heavy atom. The predicted octanol–water partition coefficient (Wildman–Crippen LogP) is 3.90. The fraction of sp³-hybridized carbons (Fsp3) is 0.222. The molecule has 6 heteroatoms. The standard InChI is InChI=1S/C18H18BrNO4/c1-11-4-6-14(12(2)8-11)20-16(22)10-24-18-15(23-3)7-5-13(9-21)17(18)19/h4-9H,10H2,1-3H3,(H,20,22). The Hall–Kier alpha value is -2.34. The lowest BCUT2D eigenvalue weighted by Crippen LogP contribution is -2.21. The van der Waals surface area contributed by atoms with Crippen LogP contribution in [0, 0.1) is 13.8 Å². The number of hydrogen-bond acceptors (Lipinski definition) is 4. The number of rotatable bonds is 6. The lowest BCUT2D eigenvalue weighted by molar-refractivity contribution is -0.118. The number of hydrogen-bond donors (Lipinski definition) is 1. The van der Waals surface area contributed by atoms with Gasteiger partial charge < -0.3 is 14.8 Å². The summed E-state index contributed by atoms with van der Waals surface area (Å²) in [4.78, 5) is 23.1. The summed E-state index contributed by atoms with van der Waals surface area (Å²) in [6.07, 6.45) is 0.701. The number of aryl methyl sites for hydroxylation is 2. The monoisotopic (exact) mass is 391 g/mol. The second kappa shape index (κ2) is 7.97. The van der Waals surface area contributed by atoms with Gasteiger partial charge in [0.15, 0.2) is 24.4 Å². The number of carbonyl (C=O) groups is 2. The maximum Gasteiger partial charge on any atom is 0.262 e. The highest BCUT2D eigenvalue weighted by Crippen LogP contribution is 2.37. The molecule has 5 nitrogen and oxygen atoms in total. The number of anilines is 1. The Morgan fingerprint density at radius 3 is 2.62 bits per heavy atom. The molecular weight excluding hydrogens is 374 g/mol. The maximum atomic E-state index is 12.1. The van der Waals surface area contributed by atoms with Crippen molar-refractivity contribution >= 4 is 33.8 Å². The van der Waals surface area contributed by atoms with E-state index in [1.807, 2.05) is 32.0 Å². The minimum absolute atomic E-state index is 0.204. The zero-order chi connectivity index (χ0) is 17.7. The van der Waals surface area contributed by atoms with Crippen molar-refractivity contribution in [2.75, 3.05) is 19.0 Å². The molecule has 126 valence electrons. The van der Waals surface area contributed by atoms with Crippen molar-refractivity contribution in [1.82, 2.24) is 0 Å². The van der Waals surface area contributed by atoms with E-state index >= 15 is 0 Å². The average Bonchev–Trinajstić information content (AvgIpc) is 2.56. The number of amides is 1. The van der Waals surface area contributed by atoms with E-state index in [1.165, 1.54) is 7.11 Å². The van der Waals surface area contributed by atoms with Crippen LogP contribution in [0.4, 0.5) is 5.69 Å². The summed E-state index contributed by atoms with van der Waals surface area (Å²) in [5.74, 6) is 0.456. The van der Waals surface area contributed by atoms with Gasteiger partial charge in [0.05, 0.1) is 11.6 Å². The summed E-state index contributed by atoms with van der Waals surface area (Å²) in [6, 6.07) is 9.00. The van der Waals surface area contributed by atoms with Gasteiger partial charge in [-0.25, -0.2) is 0 Å². The summed E-state index contributed by atoms with van der Waals surface area (Å²) in [5, 5.41) is 2.80. The second-order valence-corrected chi connectivity index (χ2v) is 6.07. The van der Waals surface area contributed by atoms with Crippen LogP contribution in [0.2, 0.25) is 0 Å². The van der Waals surface area contributed by atoms with Crippen molar-refractivity contribution in [3.8, 4) is 11.5 Å². The molecule has 0 spiro atoms. The fourth-order valence-corrected chi connectivity index (χ4v) is 2.75. The van der Waals surface area contributed by atoms with E-state index in [1.54, 1.807) is 12.1 Å². The molecule has 0 bridgehead atoms. The van der Waals surface area contributed by atoms with Gasteiger partial charge in [-0.1, -0.05) is 17.7 Å².